The Balaban J connectivity index is 1.87. The summed E-state index contributed by atoms with van der Waals surface area (Å²) in [6.07, 6.45) is -0.567. The van der Waals surface area contributed by atoms with E-state index in [2.05, 4.69) is 20.7 Å². The molecule has 15 heteroatoms. The fourth-order valence-corrected chi connectivity index (χ4v) is 2.83. The van der Waals surface area contributed by atoms with Crippen molar-refractivity contribution in [1.29, 1.82) is 0 Å². The summed E-state index contributed by atoms with van der Waals surface area (Å²) in [6.45, 7) is 8.06. The Morgan fingerprint density at radius 1 is 0.780 bits per heavy atom. The fraction of sp³-hybridized carbons (Fsp3) is 0.692. The topological polar surface area (TPSA) is 181 Å². The molecule has 0 fully saturated rings. The van der Waals surface area contributed by atoms with Gasteiger partial charge in [0.15, 0.2) is 0 Å². The summed E-state index contributed by atoms with van der Waals surface area (Å²) in [5, 5.41) is 8.57. The Morgan fingerprint density at radius 2 is 1.24 bits per heavy atom. The van der Waals surface area contributed by atoms with E-state index in [0.29, 0.717) is 98.1 Å². The van der Waals surface area contributed by atoms with E-state index >= 15 is 0 Å². The van der Waals surface area contributed by atoms with Gasteiger partial charge in [-0.05, 0) is 30.2 Å². The molecule has 2 N–H and O–H groups in total. The number of carbonyl (C=O) groups excluding carboxylic acids is 2. The first-order chi connectivity index (χ1) is 20.1. The number of benzene rings is 1. The van der Waals surface area contributed by atoms with Crippen molar-refractivity contribution in [3.8, 4) is 0 Å². The predicted octanol–water partition coefficient (Wildman–Crippen LogP) is 2.30. The van der Waals surface area contributed by atoms with Crippen molar-refractivity contribution < 1.29 is 47.5 Å². The lowest BCUT2D eigenvalue weighted by molar-refractivity contribution is -0.117. The summed E-state index contributed by atoms with van der Waals surface area (Å²) in [7, 11) is 1.63. The maximum Gasteiger partial charge on any atom is 0.407 e. The zero-order chi connectivity index (χ0) is 29.8. The van der Waals surface area contributed by atoms with Crippen molar-refractivity contribution >= 4 is 17.7 Å². The van der Waals surface area contributed by atoms with Gasteiger partial charge in [0.25, 0.3) is 0 Å². The Hall–Kier alpha value is -3.01. The zero-order valence-corrected chi connectivity index (χ0v) is 23.9. The van der Waals surface area contributed by atoms with E-state index in [1.54, 1.807) is 31.4 Å². The van der Waals surface area contributed by atoms with Gasteiger partial charge in [0, 0.05) is 24.3 Å². The van der Waals surface area contributed by atoms with E-state index in [0.717, 1.165) is 5.56 Å². The smallest absolute Gasteiger partial charge is 0.407 e. The number of anilines is 1. The molecule has 1 atom stereocenters. The molecule has 1 aromatic rings. The standard InChI is InChI=1S/C26H43N5O10/c1-22(30-31-27)25(32)29-24-5-3-23(4-6-24)21-41-26(33)28-7-8-35-11-12-37-15-16-39-19-20-40-18-17-38-14-13-36-10-9-34-2/h3-6,22H,7-21H2,1-2H3,(H,28,33)(H,29,32)/t22-/m0/s1. The molecule has 0 aromatic heterocycles. The molecule has 0 spiro atoms. The Kier molecular flexibility index (Phi) is 22.8. The van der Waals surface area contributed by atoms with Crippen LogP contribution >= 0.6 is 0 Å². The van der Waals surface area contributed by atoms with Crippen molar-refractivity contribution in [2.24, 2.45) is 5.11 Å². The minimum Gasteiger partial charge on any atom is -0.445 e. The SMILES string of the molecule is COCCOCCOCCOCCOCCOCCOCCNC(=O)OCc1ccc(NC(=O)[C@H](C)N=[N+]=[N-])cc1. The maximum atomic E-state index is 11.8. The molecule has 0 heterocycles. The first-order valence-electron chi connectivity index (χ1n) is 13.4. The van der Waals surface area contributed by atoms with E-state index in [4.69, 9.17) is 43.4 Å². The number of ether oxygens (including phenoxy) is 8. The molecule has 0 bridgehead atoms. The molecule has 41 heavy (non-hydrogen) atoms. The highest BCUT2D eigenvalue weighted by molar-refractivity contribution is 5.94. The summed E-state index contributed by atoms with van der Waals surface area (Å²) in [4.78, 5) is 26.3. The van der Waals surface area contributed by atoms with E-state index in [-0.39, 0.29) is 6.61 Å². The summed E-state index contributed by atoms with van der Waals surface area (Å²) < 4.78 is 42.4. The lowest BCUT2D eigenvalue weighted by atomic mass is 10.2. The van der Waals surface area contributed by atoms with Gasteiger partial charge >= 0.3 is 6.09 Å². The van der Waals surface area contributed by atoms with Gasteiger partial charge in [-0.15, -0.1) is 0 Å². The third kappa shape index (κ3) is 21.4. The quantitative estimate of drug-likeness (QED) is 0.0708. The molecule has 0 unspecified atom stereocenters. The van der Waals surface area contributed by atoms with Crippen molar-refractivity contribution in [1.82, 2.24) is 5.32 Å². The Morgan fingerprint density at radius 3 is 1.71 bits per heavy atom. The highest BCUT2D eigenvalue weighted by atomic mass is 16.6. The van der Waals surface area contributed by atoms with Crippen molar-refractivity contribution in [2.45, 2.75) is 19.6 Å². The largest absolute Gasteiger partial charge is 0.445 e. The van der Waals surface area contributed by atoms with E-state index in [1.807, 2.05) is 0 Å². The molecular formula is C26H43N5O10. The average Bonchev–Trinajstić information content (AvgIpc) is 2.97. The van der Waals surface area contributed by atoms with Crippen LogP contribution in [0.1, 0.15) is 12.5 Å². The van der Waals surface area contributed by atoms with Gasteiger partial charge < -0.3 is 48.5 Å². The number of amides is 2. The van der Waals surface area contributed by atoms with Crippen LogP contribution < -0.4 is 10.6 Å². The van der Waals surface area contributed by atoms with Crippen LogP contribution in [0.25, 0.3) is 10.4 Å². The number of methoxy groups -OCH3 is 1. The van der Waals surface area contributed by atoms with Crippen LogP contribution in [0.4, 0.5) is 10.5 Å². The third-order valence-corrected chi connectivity index (χ3v) is 5.00. The van der Waals surface area contributed by atoms with E-state index < -0.39 is 18.0 Å². The molecule has 15 nitrogen and oxygen atoms in total. The highest BCUT2D eigenvalue weighted by Gasteiger charge is 2.10. The fourth-order valence-electron chi connectivity index (χ4n) is 2.83. The third-order valence-electron chi connectivity index (χ3n) is 5.00. The zero-order valence-electron chi connectivity index (χ0n) is 23.9. The molecule has 1 rings (SSSR count). The van der Waals surface area contributed by atoms with Gasteiger partial charge in [0.2, 0.25) is 5.91 Å². The lowest BCUT2D eigenvalue weighted by Gasteiger charge is -2.10. The van der Waals surface area contributed by atoms with Gasteiger partial charge in [0.1, 0.15) is 12.6 Å². The number of hydrogen-bond acceptors (Lipinski definition) is 11. The molecule has 0 saturated heterocycles. The molecule has 1 aromatic carbocycles. The molecular weight excluding hydrogens is 542 g/mol. The maximum absolute atomic E-state index is 11.8. The highest BCUT2D eigenvalue weighted by Crippen LogP contribution is 2.11. The molecule has 0 saturated carbocycles. The van der Waals surface area contributed by atoms with Crippen LogP contribution in [0.3, 0.4) is 0 Å². The average molecular weight is 586 g/mol. The van der Waals surface area contributed by atoms with Crippen molar-refractivity contribution in [3.63, 3.8) is 0 Å². The second-order valence-corrected chi connectivity index (χ2v) is 8.24. The van der Waals surface area contributed by atoms with Crippen molar-refractivity contribution in [3.05, 3.63) is 40.3 Å². The van der Waals surface area contributed by atoms with Crippen LogP contribution in [-0.2, 0) is 49.3 Å². The first kappa shape index (κ1) is 36.0. The van der Waals surface area contributed by atoms with Gasteiger partial charge in [-0.2, -0.15) is 0 Å². The number of rotatable bonds is 26. The summed E-state index contributed by atoms with van der Waals surface area (Å²) in [5.74, 6) is -0.416. The number of nitrogens with zero attached hydrogens (tertiary/aromatic N) is 3. The van der Waals surface area contributed by atoms with E-state index in [9.17, 15) is 9.59 Å². The molecule has 0 aliphatic carbocycles. The summed E-state index contributed by atoms with van der Waals surface area (Å²) in [5.41, 5.74) is 9.67. The normalized spacial score (nSPS) is 11.5. The van der Waals surface area contributed by atoms with Gasteiger partial charge in [0.05, 0.1) is 85.9 Å². The van der Waals surface area contributed by atoms with Crippen LogP contribution in [0.2, 0.25) is 0 Å². The van der Waals surface area contributed by atoms with Crippen LogP contribution in [0.5, 0.6) is 0 Å². The molecule has 0 aliphatic heterocycles. The molecule has 2 amide bonds. The van der Waals surface area contributed by atoms with Crippen molar-refractivity contribution in [2.75, 3.05) is 105 Å². The first-order valence-corrected chi connectivity index (χ1v) is 13.4. The Labute approximate surface area is 240 Å². The van der Waals surface area contributed by atoms with Crippen LogP contribution in [0.15, 0.2) is 29.4 Å². The minimum absolute atomic E-state index is 0.0678. The van der Waals surface area contributed by atoms with E-state index in [1.165, 1.54) is 6.92 Å². The molecule has 0 radical (unpaired) electrons. The Bertz CT molecular complexity index is 856. The monoisotopic (exact) mass is 585 g/mol. The van der Waals surface area contributed by atoms with Gasteiger partial charge in [-0.3, -0.25) is 4.79 Å². The second kappa shape index (κ2) is 25.9. The molecule has 232 valence electrons. The summed E-state index contributed by atoms with van der Waals surface area (Å²) >= 11 is 0. The van der Waals surface area contributed by atoms with Crippen LogP contribution in [0, 0.1) is 0 Å². The minimum atomic E-state index is -0.820. The summed E-state index contributed by atoms with van der Waals surface area (Å²) in [6, 6.07) is 5.93. The van der Waals surface area contributed by atoms with Gasteiger partial charge in [-0.1, -0.05) is 17.2 Å². The molecule has 0 aliphatic rings. The number of nitrogens with one attached hydrogen (secondary N) is 2. The number of alkyl carbamates (subject to hydrolysis) is 1. The number of carbonyl (C=O) groups is 2. The lowest BCUT2D eigenvalue weighted by Crippen LogP contribution is -2.28. The second-order valence-electron chi connectivity index (χ2n) is 8.24. The number of hydrogen-bond donors (Lipinski definition) is 2. The number of azide groups is 1. The van der Waals surface area contributed by atoms with Crippen LogP contribution in [-0.4, -0.2) is 118 Å². The van der Waals surface area contributed by atoms with Gasteiger partial charge in [-0.25, -0.2) is 4.79 Å². The predicted molar refractivity (Wildman–Crippen MR) is 149 cm³/mol.